The highest BCUT2D eigenvalue weighted by atomic mass is 16.5. The topological polar surface area (TPSA) is 47.7 Å². The van der Waals surface area contributed by atoms with Gasteiger partial charge in [-0.15, -0.1) is 0 Å². The third-order valence-corrected chi connectivity index (χ3v) is 5.63. The molecule has 0 atom stereocenters. The Kier molecular flexibility index (Phi) is 11.9. The molecule has 2 rings (SSSR count). The molecule has 1 aromatic carbocycles. The van der Waals surface area contributed by atoms with E-state index in [2.05, 4.69) is 24.0 Å². The van der Waals surface area contributed by atoms with E-state index >= 15 is 0 Å². The Labute approximate surface area is 172 Å². The van der Waals surface area contributed by atoms with E-state index in [0.29, 0.717) is 0 Å². The first-order valence-electron chi connectivity index (χ1n) is 11.7. The number of anilines is 2. The molecule has 1 fully saturated rings. The van der Waals surface area contributed by atoms with Crippen molar-refractivity contribution in [3.05, 3.63) is 18.2 Å². The molecule has 2 N–H and O–H groups in total. The molecule has 4 heteroatoms. The van der Waals surface area contributed by atoms with Gasteiger partial charge in [0.05, 0.1) is 25.5 Å². The van der Waals surface area contributed by atoms with E-state index in [1.54, 1.807) is 0 Å². The van der Waals surface area contributed by atoms with Gasteiger partial charge in [-0.25, -0.2) is 0 Å². The van der Waals surface area contributed by atoms with Crippen molar-refractivity contribution >= 4 is 11.4 Å². The average Bonchev–Trinajstić information content (AvgIpc) is 2.73. The summed E-state index contributed by atoms with van der Waals surface area (Å²) in [6, 6.07) is 6.13. The number of benzene rings is 1. The SMILES string of the molecule is CCCCCCCCCCCCCCOc1cc(N2CCOCC2)ccc1N. The van der Waals surface area contributed by atoms with E-state index in [1.165, 1.54) is 76.3 Å². The van der Waals surface area contributed by atoms with Crippen LogP contribution >= 0.6 is 0 Å². The van der Waals surface area contributed by atoms with Crippen LogP contribution in [0.15, 0.2) is 18.2 Å². The van der Waals surface area contributed by atoms with E-state index in [9.17, 15) is 0 Å². The largest absolute Gasteiger partial charge is 0.491 e. The van der Waals surface area contributed by atoms with Crippen LogP contribution in [0.5, 0.6) is 5.75 Å². The summed E-state index contributed by atoms with van der Waals surface area (Å²) in [5.74, 6) is 0.826. The Bertz CT molecular complexity index is 515. The Morgan fingerprint density at radius 1 is 0.857 bits per heavy atom. The maximum absolute atomic E-state index is 6.10. The molecule has 0 aliphatic carbocycles. The number of hydrogen-bond acceptors (Lipinski definition) is 4. The molecule has 1 heterocycles. The molecule has 0 unspecified atom stereocenters. The van der Waals surface area contributed by atoms with Gasteiger partial charge in [-0.1, -0.05) is 77.6 Å². The van der Waals surface area contributed by atoms with E-state index in [4.69, 9.17) is 15.2 Å². The number of nitrogens with two attached hydrogens (primary N) is 1. The molecule has 0 aromatic heterocycles. The summed E-state index contributed by atoms with van der Waals surface area (Å²) in [5, 5.41) is 0. The lowest BCUT2D eigenvalue weighted by atomic mass is 10.1. The van der Waals surface area contributed by atoms with Gasteiger partial charge < -0.3 is 20.1 Å². The van der Waals surface area contributed by atoms with Crippen LogP contribution < -0.4 is 15.4 Å². The molecule has 1 aliphatic heterocycles. The summed E-state index contributed by atoms with van der Waals surface area (Å²) in [7, 11) is 0. The van der Waals surface area contributed by atoms with Crippen LogP contribution in [0.3, 0.4) is 0 Å². The van der Waals surface area contributed by atoms with Crippen molar-refractivity contribution in [1.82, 2.24) is 0 Å². The summed E-state index contributed by atoms with van der Waals surface area (Å²) in [5.41, 5.74) is 8.01. The fourth-order valence-electron chi connectivity index (χ4n) is 3.79. The van der Waals surface area contributed by atoms with Crippen molar-refractivity contribution in [2.24, 2.45) is 0 Å². The first-order valence-corrected chi connectivity index (χ1v) is 11.7. The van der Waals surface area contributed by atoms with Crippen LogP contribution in [0.25, 0.3) is 0 Å². The van der Waals surface area contributed by atoms with E-state index < -0.39 is 0 Å². The molecular weight excluding hydrogens is 348 g/mol. The minimum Gasteiger partial charge on any atom is -0.491 e. The molecule has 1 aliphatic rings. The third kappa shape index (κ3) is 9.18. The summed E-state index contributed by atoms with van der Waals surface area (Å²) in [6.45, 7) is 6.49. The highest BCUT2D eigenvalue weighted by Crippen LogP contribution is 2.28. The monoisotopic (exact) mass is 390 g/mol. The predicted octanol–water partition coefficient (Wildman–Crippen LogP) is 6.19. The highest BCUT2D eigenvalue weighted by Gasteiger charge is 2.13. The predicted molar refractivity (Wildman–Crippen MR) is 120 cm³/mol. The number of unbranched alkanes of at least 4 members (excludes halogenated alkanes) is 11. The molecule has 0 spiro atoms. The lowest BCUT2D eigenvalue weighted by Gasteiger charge is -2.29. The van der Waals surface area contributed by atoms with Crippen molar-refractivity contribution in [2.75, 3.05) is 43.5 Å². The molecule has 28 heavy (non-hydrogen) atoms. The van der Waals surface area contributed by atoms with Gasteiger partial charge in [0.25, 0.3) is 0 Å². The zero-order valence-electron chi connectivity index (χ0n) is 18.1. The van der Waals surface area contributed by atoms with Crippen LogP contribution in [-0.4, -0.2) is 32.9 Å². The first-order chi connectivity index (χ1) is 13.8. The van der Waals surface area contributed by atoms with Crippen LogP contribution in [0.2, 0.25) is 0 Å². The molecule has 0 radical (unpaired) electrons. The summed E-state index contributed by atoms with van der Waals surface area (Å²) >= 11 is 0. The third-order valence-electron chi connectivity index (χ3n) is 5.63. The quantitative estimate of drug-likeness (QED) is 0.287. The molecule has 1 saturated heterocycles. The normalized spacial score (nSPS) is 14.4. The van der Waals surface area contributed by atoms with Crippen molar-refractivity contribution in [2.45, 2.75) is 84.0 Å². The Hall–Kier alpha value is -1.42. The fraction of sp³-hybridized carbons (Fsp3) is 0.750. The molecular formula is C24H42N2O2. The summed E-state index contributed by atoms with van der Waals surface area (Å²) in [4.78, 5) is 2.33. The molecule has 1 aromatic rings. The standard InChI is InChI=1S/C24H42N2O2/c1-2-3-4-5-6-7-8-9-10-11-12-13-18-28-24-21-22(14-15-23(24)25)26-16-19-27-20-17-26/h14-15,21H,2-13,16-20,25H2,1H3. The van der Waals surface area contributed by atoms with Crippen molar-refractivity contribution < 1.29 is 9.47 Å². The summed E-state index contributed by atoms with van der Waals surface area (Å²) < 4.78 is 11.4. The Morgan fingerprint density at radius 3 is 2.04 bits per heavy atom. The van der Waals surface area contributed by atoms with Gasteiger partial charge in [0.1, 0.15) is 5.75 Å². The molecule has 0 amide bonds. The van der Waals surface area contributed by atoms with E-state index in [0.717, 1.165) is 50.8 Å². The van der Waals surface area contributed by atoms with Gasteiger partial charge in [-0.05, 0) is 18.6 Å². The molecule has 4 nitrogen and oxygen atoms in total. The molecule has 0 saturated carbocycles. The molecule has 160 valence electrons. The highest BCUT2D eigenvalue weighted by molar-refractivity contribution is 5.62. The van der Waals surface area contributed by atoms with Crippen LogP contribution in [-0.2, 0) is 4.74 Å². The van der Waals surface area contributed by atoms with E-state index in [-0.39, 0.29) is 0 Å². The van der Waals surface area contributed by atoms with Gasteiger partial charge >= 0.3 is 0 Å². The average molecular weight is 391 g/mol. The lowest BCUT2D eigenvalue weighted by molar-refractivity contribution is 0.122. The Balaban J connectivity index is 1.50. The number of ether oxygens (including phenoxy) is 2. The number of nitrogens with zero attached hydrogens (tertiary/aromatic N) is 1. The van der Waals surface area contributed by atoms with E-state index in [1.807, 2.05) is 6.07 Å². The minimum absolute atomic E-state index is 0.732. The number of hydrogen-bond donors (Lipinski definition) is 1. The maximum Gasteiger partial charge on any atom is 0.144 e. The van der Waals surface area contributed by atoms with Gasteiger partial charge in [0.15, 0.2) is 0 Å². The van der Waals surface area contributed by atoms with Crippen LogP contribution in [0, 0.1) is 0 Å². The number of morpholine rings is 1. The van der Waals surface area contributed by atoms with Gasteiger partial charge in [0.2, 0.25) is 0 Å². The van der Waals surface area contributed by atoms with Crippen molar-refractivity contribution in [3.8, 4) is 5.75 Å². The van der Waals surface area contributed by atoms with Crippen molar-refractivity contribution in [3.63, 3.8) is 0 Å². The molecule has 0 bridgehead atoms. The number of nitrogen functional groups attached to an aromatic ring is 1. The summed E-state index contributed by atoms with van der Waals surface area (Å²) in [6.07, 6.45) is 16.3. The van der Waals surface area contributed by atoms with Crippen molar-refractivity contribution in [1.29, 1.82) is 0 Å². The van der Waals surface area contributed by atoms with Gasteiger partial charge in [-0.3, -0.25) is 0 Å². The van der Waals surface area contributed by atoms with Crippen LogP contribution in [0.1, 0.15) is 84.0 Å². The Morgan fingerprint density at radius 2 is 1.43 bits per heavy atom. The minimum atomic E-state index is 0.732. The van der Waals surface area contributed by atoms with Gasteiger partial charge in [0, 0.05) is 24.8 Å². The smallest absolute Gasteiger partial charge is 0.144 e. The maximum atomic E-state index is 6.10. The second kappa shape index (κ2) is 14.6. The zero-order chi connectivity index (χ0) is 19.9. The lowest BCUT2D eigenvalue weighted by Crippen LogP contribution is -2.36. The van der Waals surface area contributed by atoms with Gasteiger partial charge in [-0.2, -0.15) is 0 Å². The van der Waals surface area contributed by atoms with Crippen LogP contribution in [0.4, 0.5) is 11.4 Å². The number of rotatable bonds is 15. The zero-order valence-corrected chi connectivity index (χ0v) is 18.1. The fourth-order valence-corrected chi connectivity index (χ4v) is 3.79. The second-order valence-corrected chi connectivity index (χ2v) is 8.06. The second-order valence-electron chi connectivity index (χ2n) is 8.06. The first kappa shape index (κ1) is 22.9.